The Morgan fingerprint density at radius 3 is 2.81 bits per heavy atom. The number of thiocarbonyl (C=S) groups is 1. The summed E-state index contributed by atoms with van der Waals surface area (Å²) in [6, 6.07) is 14.3. The lowest BCUT2D eigenvalue weighted by molar-refractivity contribution is 0.0696. The van der Waals surface area contributed by atoms with Gasteiger partial charge in [0, 0.05) is 25.4 Å². The number of carboxylic acids is 1. The van der Waals surface area contributed by atoms with E-state index in [0.717, 1.165) is 22.6 Å². The van der Waals surface area contributed by atoms with Crippen LogP contribution in [0.1, 0.15) is 39.5 Å². The number of ether oxygens (including phenoxy) is 1. The number of rotatable bonds is 7. The third-order valence-corrected chi connectivity index (χ3v) is 5.74. The van der Waals surface area contributed by atoms with Gasteiger partial charge in [-0.2, -0.15) is 0 Å². The van der Waals surface area contributed by atoms with Crippen molar-refractivity contribution in [1.82, 2.24) is 15.2 Å². The molecule has 2 atom stereocenters. The summed E-state index contributed by atoms with van der Waals surface area (Å²) < 4.78 is 11.6. The van der Waals surface area contributed by atoms with Crippen LogP contribution in [0.3, 0.4) is 0 Å². The van der Waals surface area contributed by atoms with Crippen molar-refractivity contribution in [3.63, 3.8) is 0 Å². The smallest absolute Gasteiger partial charge is 0.335 e. The molecule has 2 N–H and O–H groups in total. The van der Waals surface area contributed by atoms with Gasteiger partial charge in [-0.25, -0.2) is 4.79 Å². The minimum absolute atomic E-state index is 0.167. The van der Waals surface area contributed by atoms with Gasteiger partial charge in [-0.05, 0) is 61.1 Å². The number of aromatic carboxylic acids is 1. The minimum atomic E-state index is -0.952. The molecule has 4 rings (SSSR count). The highest BCUT2D eigenvalue weighted by Crippen LogP contribution is 2.40. The van der Waals surface area contributed by atoms with Crippen LogP contribution in [0.2, 0.25) is 0 Å². The maximum atomic E-state index is 11.2. The summed E-state index contributed by atoms with van der Waals surface area (Å²) in [5, 5.41) is 13.2. The number of carbonyl (C=O) groups is 1. The Hall–Kier alpha value is -3.23. The van der Waals surface area contributed by atoms with Gasteiger partial charge in [0.25, 0.3) is 0 Å². The Morgan fingerprint density at radius 1 is 1.29 bits per heavy atom. The molecule has 1 saturated heterocycles. The summed E-state index contributed by atoms with van der Waals surface area (Å²) in [6.45, 7) is 3.01. The fraction of sp³-hybridized carbons (Fsp3) is 0.261. The number of carboxylic acid groups (broad SMARTS) is 1. The lowest BCUT2D eigenvalue weighted by Crippen LogP contribution is -2.32. The fourth-order valence-electron chi connectivity index (χ4n) is 3.87. The van der Waals surface area contributed by atoms with Crippen molar-refractivity contribution in [1.29, 1.82) is 0 Å². The lowest BCUT2D eigenvalue weighted by Gasteiger charge is -2.25. The number of aromatic nitrogens is 1. The molecule has 160 valence electrons. The van der Waals surface area contributed by atoms with Gasteiger partial charge in [0.15, 0.2) is 5.11 Å². The molecule has 3 heterocycles. The number of nitrogens with zero attached hydrogens (tertiary/aromatic N) is 2. The second-order valence-electron chi connectivity index (χ2n) is 7.35. The molecule has 2 aromatic heterocycles. The van der Waals surface area contributed by atoms with E-state index in [4.69, 9.17) is 21.4 Å². The van der Waals surface area contributed by atoms with Crippen molar-refractivity contribution in [3.8, 4) is 11.3 Å². The van der Waals surface area contributed by atoms with E-state index in [1.54, 1.807) is 31.5 Å². The molecule has 31 heavy (non-hydrogen) atoms. The van der Waals surface area contributed by atoms with Gasteiger partial charge in [0.2, 0.25) is 0 Å². The lowest BCUT2D eigenvalue weighted by atomic mass is 10.0. The maximum Gasteiger partial charge on any atom is 0.335 e. The Kier molecular flexibility index (Phi) is 6.01. The zero-order valence-corrected chi connectivity index (χ0v) is 18.1. The van der Waals surface area contributed by atoms with E-state index < -0.39 is 5.97 Å². The maximum absolute atomic E-state index is 11.2. The standard InChI is InChI=1S/C23H23N3O4S/c1-14-13-15(22(27)28)6-7-16(14)18-8-9-19(30-18)21-20(17-5-3-4-10-24-17)25-23(31)26(21)11-12-29-2/h3-10,13,20-21H,11-12H2,1-2H3,(H,25,31)(H,27,28)/t20-,21+/m0/s1. The van der Waals surface area contributed by atoms with Crippen LogP contribution in [0, 0.1) is 6.92 Å². The Labute approximate surface area is 185 Å². The molecule has 0 amide bonds. The normalized spacial score (nSPS) is 18.3. The first-order valence-corrected chi connectivity index (χ1v) is 10.3. The Morgan fingerprint density at radius 2 is 2.13 bits per heavy atom. The highest BCUT2D eigenvalue weighted by Gasteiger charge is 2.41. The summed E-state index contributed by atoms with van der Waals surface area (Å²) in [7, 11) is 1.66. The van der Waals surface area contributed by atoms with Gasteiger partial charge in [-0.1, -0.05) is 12.1 Å². The van der Waals surface area contributed by atoms with Crippen molar-refractivity contribution in [2.45, 2.75) is 19.0 Å². The molecular formula is C23H23N3O4S. The molecule has 8 heteroatoms. The first kappa shape index (κ1) is 21.0. The molecule has 1 aliphatic heterocycles. The van der Waals surface area contributed by atoms with Crippen LogP contribution in [-0.2, 0) is 4.74 Å². The van der Waals surface area contributed by atoms with Crippen molar-refractivity contribution in [2.24, 2.45) is 0 Å². The number of pyridine rings is 1. The summed E-state index contributed by atoms with van der Waals surface area (Å²) in [4.78, 5) is 17.8. The molecule has 0 bridgehead atoms. The quantitative estimate of drug-likeness (QED) is 0.537. The molecule has 0 unspecified atom stereocenters. The summed E-state index contributed by atoms with van der Waals surface area (Å²) in [6.07, 6.45) is 1.76. The topological polar surface area (TPSA) is 87.8 Å². The average molecular weight is 438 g/mol. The predicted octanol–water partition coefficient (Wildman–Crippen LogP) is 3.97. The van der Waals surface area contributed by atoms with Crippen LogP contribution >= 0.6 is 12.2 Å². The van der Waals surface area contributed by atoms with Crippen molar-refractivity contribution >= 4 is 23.3 Å². The third-order valence-electron chi connectivity index (χ3n) is 5.39. The number of benzene rings is 1. The van der Waals surface area contributed by atoms with Gasteiger partial charge in [0.05, 0.1) is 23.9 Å². The molecule has 0 aliphatic carbocycles. The number of hydrogen-bond acceptors (Lipinski definition) is 5. The van der Waals surface area contributed by atoms with E-state index in [-0.39, 0.29) is 17.6 Å². The first-order valence-electron chi connectivity index (χ1n) is 9.90. The zero-order valence-electron chi connectivity index (χ0n) is 17.2. The third kappa shape index (κ3) is 4.17. The van der Waals surface area contributed by atoms with Gasteiger partial charge >= 0.3 is 5.97 Å². The van der Waals surface area contributed by atoms with Crippen LogP contribution in [0.4, 0.5) is 0 Å². The number of hydrogen-bond donors (Lipinski definition) is 2. The Balaban J connectivity index is 1.71. The van der Waals surface area contributed by atoms with Gasteiger partial charge in [0.1, 0.15) is 17.6 Å². The summed E-state index contributed by atoms with van der Waals surface area (Å²) >= 11 is 5.60. The van der Waals surface area contributed by atoms with Crippen molar-refractivity contribution < 1.29 is 19.1 Å². The molecule has 0 spiro atoms. The highest BCUT2D eigenvalue weighted by molar-refractivity contribution is 7.80. The second kappa shape index (κ2) is 8.87. The van der Waals surface area contributed by atoms with E-state index in [0.29, 0.717) is 24.0 Å². The molecule has 1 fully saturated rings. The van der Waals surface area contributed by atoms with E-state index >= 15 is 0 Å². The van der Waals surface area contributed by atoms with E-state index in [1.165, 1.54) is 0 Å². The molecule has 1 aliphatic rings. The number of methoxy groups -OCH3 is 1. The monoisotopic (exact) mass is 437 g/mol. The van der Waals surface area contributed by atoms with Crippen LogP contribution < -0.4 is 5.32 Å². The number of nitrogens with one attached hydrogen (secondary N) is 1. The van der Waals surface area contributed by atoms with Crippen LogP contribution in [0.5, 0.6) is 0 Å². The Bertz CT molecular complexity index is 1100. The fourth-order valence-corrected chi connectivity index (χ4v) is 4.21. The van der Waals surface area contributed by atoms with E-state index in [2.05, 4.69) is 15.2 Å². The predicted molar refractivity (Wildman–Crippen MR) is 120 cm³/mol. The number of furan rings is 1. The van der Waals surface area contributed by atoms with E-state index in [9.17, 15) is 9.90 Å². The highest BCUT2D eigenvalue weighted by atomic mass is 32.1. The van der Waals surface area contributed by atoms with Crippen LogP contribution in [0.25, 0.3) is 11.3 Å². The van der Waals surface area contributed by atoms with Gasteiger partial charge < -0.3 is 24.5 Å². The zero-order chi connectivity index (χ0) is 22.0. The second-order valence-corrected chi connectivity index (χ2v) is 7.74. The molecule has 0 radical (unpaired) electrons. The SMILES string of the molecule is COCCN1C(=S)N[C@@H](c2ccccn2)[C@H]1c1ccc(-c2ccc(C(=O)O)cc2C)o1. The van der Waals surface area contributed by atoms with Crippen molar-refractivity contribution in [2.75, 3.05) is 20.3 Å². The summed E-state index contributed by atoms with van der Waals surface area (Å²) in [5.41, 5.74) is 2.80. The first-order chi connectivity index (χ1) is 15.0. The van der Waals surface area contributed by atoms with Gasteiger partial charge in [-0.3, -0.25) is 4.98 Å². The minimum Gasteiger partial charge on any atom is -0.478 e. The van der Waals surface area contributed by atoms with Crippen LogP contribution in [-0.4, -0.2) is 46.3 Å². The molecule has 1 aromatic carbocycles. The molecular weight excluding hydrogens is 414 g/mol. The van der Waals surface area contributed by atoms with Gasteiger partial charge in [-0.15, -0.1) is 0 Å². The summed E-state index contributed by atoms with van der Waals surface area (Å²) in [5.74, 6) is 0.469. The van der Waals surface area contributed by atoms with E-state index in [1.807, 2.05) is 37.3 Å². The molecule has 7 nitrogen and oxygen atoms in total. The molecule has 0 saturated carbocycles. The number of aryl methyl sites for hydroxylation is 1. The largest absolute Gasteiger partial charge is 0.478 e. The van der Waals surface area contributed by atoms with Crippen molar-refractivity contribution in [3.05, 3.63) is 77.3 Å². The molecule has 3 aromatic rings. The van der Waals surface area contributed by atoms with Crippen LogP contribution in [0.15, 0.2) is 59.1 Å². The average Bonchev–Trinajstić information content (AvgIpc) is 3.37.